The zero-order chi connectivity index (χ0) is 26.4. The molecular weight excluding hydrogens is 504 g/mol. The minimum absolute atomic E-state index is 0.0315. The van der Waals surface area contributed by atoms with Crippen molar-refractivity contribution >= 4 is 0 Å². The number of aryl methyl sites for hydroxylation is 2. The Kier molecular flexibility index (Phi) is 6.01. The minimum atomic E-state index is -3.13. The number of nitrogens with zero attached hydrogens (tertiary/aromatic N) is 6. The largest absolute Gasteiger partial charge is 0.477 e. The lowest BCUT2D eigenvalue weighted by Gasteiger charge is -2.16. The Morgan fingerprint density at radius 3 is 2.58 bits per heavy atom. The highest BCUT2D eigenvalue weighted by Gasteiger charge is 2.35. The van der Waals surface area contributed by atoms with Crippen LogP contribution < -0.4 is 9.47 Å². The first-order valence-electron chi connectivity index (χ1n) is 11.9. The summed E-state index contributed by atoms with van der Waals surface area (Å²) in [7, 11) is 1.56. The van der Waals surface area contributed by atoms with Crippen molar-refractivity contribution in [3.05, 3.63) is 66.1 Å². The molecule has 2 aromatic heterocycles. The summed E-state index contributed by atoms with van der Waals surface area (Å²) >= 11 is 0. The summed E-state index contributed by atoms with van der Waals surface area (Å²) in [4.78, 5) is 4.82. The number of hydrogen-bond donors (Lipinski definition) is 0. The van der Waals surface area contributed by atoms with Gasteiger partial charge in [0.1, 0.15) is 11.5 Å². The van der Waals surface area contributed by atoms with E-state index in [1.165, 1.54) is 15.6 Å². The van der Waals surface area contributed by atoms with Crippen LogP contribution >= 0.6 is 0 Å². The molecule has 196 valence electrons. The molecule has 38 heavy (non-hydrogen) atoms. The third kappa shape index (κ3) is 4.15. The van der Waals surface area contributed by atoms with Gasteiger partial charge in [0, 0.05) is 50.1 Å². The number of alkyl halides is 4. The fourth-order valence-electron chi connectivity index (χ4n) is 4.84. The molecule has 5 heterocycles. The van der Waals surface area contributed by atoms with Gasteiger partial charge in [-0.1, -0.05) is 30.3 Å². The van der Waals surface area contributed by atoms with Gasteiger partial charge in [0.2, 0.25) is 11.8 Å². The number of rotatable bonds is 7. The number of halogens is 4. The zero-order valence-corrected chi connectivity index (χ0v) is 20.2. The van der Waals surface area contributed by atoms with E-state index in [4.69, 9.17) is 14.5 Å². The van der Waals surface area contributed by atoms with Crippen LogP contribution in [0.3, 0.4) is 0 Å². The molecule has 0 atom stereocenters. The molecule has 0 unspecified atom stereocenters. The van der Waals surface area contributed by atoms with Gasteiger partial charge < -0.3 is 14.0 Å². The molecule has 12 heteroatoms. The van der Waals surface area contributed by atoms with Crippen LogP contribution in [0.4, 0.5) is 17.6 Å². The second-order valence-electron chi connectivity index (χ2n) is 8.89. The van der Waals surface area contributed by atoms with Crippen molar-refractivity contribution in [2.75, 3.05) is 6.61 Å². The second kappa shape index (κ2) is 9.51. The summed E-state index contributed by atoms with van der Waals surface area (Å²) in [5.74, 6) is 0.312. The summed E-state index contributed by atoms with van der Waals surface area (Å²) < 4.78 is 70.4. The van der Waals surface area contributed by atoms with E-state index in [0.717, 1.165) is 5.56 Å². The molecule has 0 bridgehead atoms. The van der Waals surface area contributed by atoms with Crippen LogP contribution in [0.5, 0.6) is 11.8 Å². The second-order valence-corrected chi connectivity index (χ2v) is 8.89. The van der Waals surface area contributed by atoms with Gasteiger partial charge in [-0.2, -0.15) is 13.9 Å². The zero-order valence-electron chi connectivity index (χ0n) is 20.2. The van der Waals surface area contributed by atoms with Gasteiger partial charge in [0.25, 0.3) is 6.43 Å². The summed E-state index contributed by atoms with van der Waals surface area (Å²) in [5.41, 5.74) is 1.76. The summed E-state index contributed by atoms with van der Waals surface area (Å²) in [6, 6.07) is 13.2. The Balaban J connectivity index is 1.63. The van der Waals surface area contributed by atoms with Crippen LogP contribution in [-0.2, 0) is 20.1 Å². The molecule has 0 saturated carbocycles. The van der Waals surface area contributed by atoms with Crippen LogP contribution in [0.15, 0.2) is 54.9 Å². The molecule has 0 aliphatic carbocycles. The van der Waals surface area contributed by atoms with Crippen molar-refractivity contribution in [1.29, 1.82) is 0 Å². The summed E-state index contributed by atoms with van der Waals surface area (Å²) in [6.45, 7) is -1.94. The van der Waals surface area contributed by atoms with Gasteiger partial charge in [-0.15, -0.1) is 5.10 Å². The van der Waals surface area contributed by atoms with Gasteiger partial charge >= 0.3 is 6.61 Å². The van der Waals surface area contributed by atoms with E-state index in [2.05, 4.69) is 10.2 Å². The smallest absolute Gasteiger partial charge is 0.388 e. The minimum Gasteiger partial charge on any atom is -0.477 e. The van der Waals surface area contributed by atoms with E-state index in [1.807, 2.05) is 41.1 Å². The molecule has 1 aromatic carbocycles. The fourth-order valence-corrected chi connectivity index (χ4v) is 4.84. The van der Waals surface area contributed by atoms with Gasteiger partial charge in [0.05, 0.1) is 23.4 Å². The van der Waals surface area contributed by atoms with Crippen molar-refractivity contribution in [3.8, 4) is 45.5 Å². The fraction of sp³-hybridized carbons (Fsp3) is 0.269. The number of fused-ring (bicyclic) bond motifs is 2. The quantitative estimate of drug-likeness (QED) is 0.258. The molecule has 6 rings (SSSR count). The van der Waals surface area contributed by atoms with E-state index in [9.17, 15) is 17.6 Å². The first-order chi connectivity index (χ1) is 18.4. The molecule has 3 aromatic rings. The van der Waals surface area contributed by atoms with Gasteiger partial charge in [0.15, 0.2) is 0 Å². The van der Waals surface area contributed by atoms with Crippen LogP contribution in [-0.4, -0.2) is 42.3 Å². The Morgan fingerprint density at radius 1 is 1.00 bits per heavy atom. The van der Waals surface area contributed by atoms with Gasteiger partial charge in [-0.3, -0.25) is 4.68 Å². The van der Waals surface area contributed by atoms with E-state index >= 15 is 0 Å². The lowest BCUT2D eigenvalue weighted by atomic mass is 9.98. The van der Waals surface area contributed by atoms with Crippen LogP contribution in [0.25, 0.3) is 33.8 Å². The van der Waals surface area contributed by atoms with Crippen molar-refractivity contribution in [2.45, 2.75) is 32.5 Å². The lowest BCUT2D eigenvalue weighted by Crippen LogP contribution is -2.15. The molecule has 0 amide bonds. The Morgan fingerprint density at radius 2 is 1.82 bits per heavy atom. The molecule has 8 nitrogen and oxygen atoms in total. The van der Waals surface area contributed by atoms with Gasteiger partial charge in [-0.25, -0.2) is 18.4 Å². The average Bonchev–Trinajstić information content (AvgIpc) is 3.57. The van der Waals surface area contributed by atoms with Crippen molar-refractivity contribution in [3.63, 3.8) is 0 Å². The third-order valence-corrected chi connectivity index (χ3v) is 6.36. The molecule has 0 N–H and O–H groups in total. The maximum atomic E-state index is 14.3. The number of pyridine rings is 1. The van der Waals surface area contributed by atoms with Crippen molar-refractivity contribution in [2.24, 2.45) is 7.05 Å². The van der Waals surface area contributed by atoms with E-state index in [1.54, 1.807) is 19.2 Å². The summed E-state index contributed by atoms with van der Waals surface area (Å²) in [6.07, 6.45) is 1.03. The molecule has 0 saturated heterocycles. The standard InChI is InChI=1S/C26H22F4N6O2/c1-34-14-17(24(33-34)38-26(29)30)18-16-9-5-10-35(13-15-7-3-2-4-8-15)23(16)31-20(18)19-21(22(27)28)32-36-11-6-12-37-25(19)36/h2-5,7-10,14,22,26H,6,11-13H2,1H3. The topological polar surface area (TPSA) is 71.9 Å². The van der Waals surface area contributed by atoms with E-state index in [0.29, 0.717) is 43.1 Å². The van der Waals surface area contributed by atoms with Crippen molar-refractivity contribution < 1.29 is 27.0 Å². The molecule has 0 radical (unpaired) electrons. The maximum Gasteiger partial charge on any atom is 0.388 e. The number of ether oxygens (including phenoxy) is 2. The predicted octanol–water partition coefficient (Wildman–Crippen LogP) is 5.62. The van der Waals surface area contributed by atoms with Crippen LogP contribution in [0.2, 0.25) is 0 Å². The average molecular weight is 526 g/mol. The monoisotopic (exact) mass is 526 g/mol. The van der Waals surface area contributed by atoms with Crippen LogP contribution in [0, 0.1) is 0 Å². The normalized spacial score (nSPS) is 13.3. The molecule has 3 aliphatic heterocycles. The Bertz CT molecular complexity index is 1560. The van der Waals surface area contributed by atoms with E-state index in [-0.39, 0.29) is 28.6 Å². The summed E-state index contributed by atoms with van der Waals surface area (Å²) in [5, 5.41) is 8.17. The van der Waals surface area contributed by atoms with Crippen molar-refractivity contribution in [1.82, 2.24) is 29.1 Å². The SMILES string of the molecule is Cn1cc(-c2c3cccn(Cc4ccccc4)c-3nc2-c2c(C(F)F)nn3c2OCCC3)c(OC(F)F)n1. The molecular formula is C26H22F4N6O2. The molecule has 0 spiro atoms. The highest BCUT2D eigenvalue weighted by atomic mass is 19.3. The number of benzene rings is 1. The molecule has 3 aliphatic rings. The third-order valence-electron chi connectivity index (χ3n) is 6.36. The maximum absolute atomic E-state index is 14.3. The first kappa shape index (κ1) is 24.0. The first-order valence-corrected chi connectivity index (χ1v) is 11.9. The van der Waals surface area contributed by atoms with Gasteiger partial charge in [-0.05, 0) is 17.7 Å². The number of aromatic nitrogens is 6. The van der Waals surface area contributed by atoms with Crippen LogP contribution in [0.1, 0.15) is 24.1 Å². The number of hydrogen-bond acceptors (Lipinski definition) is 5. The Labute approximate surface area is 214 Å². The Hall–Kier alpha value is -4.35. The highest BCUT2D eigenvalue weighted by Crippen LogP contribution is 2.49. The predicted molar refractivity (Wildman–Crippen MR) is 130 cm³/mol. The van der Waals surface area contributed by atoms with E-state index < -0.39 is 18.7 Å². The highest BCUT2D eigenvalue weighted by molar-refractivity contribution is 5.97. The molecule has 0 fully saturated rings. The lowest BCUT2D eigenvalue weighted by molar-refractivity contribution is -0.0527.